The van der Waals surface area contributed by atoms with Crippen LogP contribution in [0.2, 0.25) is 0 Å². The van der Waals surface area contributed by atoms with Gasteiger partial charge in [-0.2, -0.15) is 0 Å². The van der Waals surface area contributed by atoms with Crippen molar-refractivity contribution in [2.45, 2.75) is 39.0 Å². The molecule has 12 heavy (non-hydrogen) atoms. The average molecular weight is 164 g/mol. The molecular formula is C11H16O. The SMILES string of the molecule is CC1(C2CCCC2)CC=CC1=O. The van der Waals surface area contributed by atoms with Crippen molar-refractivity contribution in [1.82, 2.24) is 0 Å². The number of hydrogen-bond acceptors (Lipinski definition) is 1. The van der Waals surface area contributed by atoms with Gasteiger partial charge < -0.3 is 0 Å². The van der Waals surface area contributed by atoms with Gasteiger partial charge in [0, 0.05) is 5.41 Å². The molecule has 1 nitrogen and oxygen atoms in total. The van der Waals surface area contributed by atoms with Gasteiger partial charge in [0.1, 0.15) is 0 Å². The smallest absolute Gasteiger partial charge is 0.161 e. The molecule has 1 unspecified atom stereocenters. The number of carbonyl (C=O) groups is 1. The second-order valence-corrected chi connectivity index (χ2v) is 4.37. The van der Waals surface area contributed by atoms with E-state index in [9.17, 15) is 4.79 Å². The van der Waals surface area contributed by atoms with Crippen molar-refractivity contribution in [3.63, 3.8) is 0 Å². The van der Waals surface area contributed by atoms with Crippen LogP contribution in [-0.2, 0) is 4.79 Å². The minimum atomic E-state index is -0.0174. The van der Waals surface area contributed by atoms with Gasteiger partial charge in [-0.05, 0) is 31.3 Å². The summed E-state index contributed by atoms with van der Waals surface area (Å²) < 4.78 is 0. The first-order chi connectivity index (χ1) is 5.73. The molecule has 0 N–H and O–H groups in total. The molecule has 1 atom stereocenters. The first kappa shape index (κ1) is 8.03. The van der Waals surface area contributed by atoms with E-state index >= 15 is 0 Å². The van der Waals surface area contributed by atoms with Crippen molar-refractivity contribution in [2.75, 3.05) is 0 Å². The summed E-state index contributed by atoms with van der Waals surface area (Å²) in [4.78, 5) is 11.6. The summed E-state index contributed by atoms with van der Waals surface area (Å²) in [6.07, 6.45) is 9.99. The fraction of sp³-hybridized carbons (Fsp3) is 0.727. The van der Waals surface area contributed by atoms with Crippen LogP contribution in [-0.4, -0.2) is 5.78 Å². The number of allylic oxidation sites excluding steroid dienone is 2. The molecule has 0 saturated heterocycles. The van der Waals surface area contributed by atoms with Crippen LogP contribution in [0, 0.1) is 11.3 Å². The van der Waals surface area contributed by atoms with Crippen LogP contribution in [0.25, 0.3) is 0 Å². The van der Waals surface area contributed by atoms with Crippen molar-refractivity contribution in [2.24, 2.45) is 11.3 Å². The maximum Gasteiger partial charge on any atom is 0.161 e. The Morgan fingerprint density at radius 2 is 2.08 bits per heavy atom. The molecule has 1 heteroatoms. The van der Waals surface area contributed by atoms with Gasteiger partial charge in [0.2, 0.25) is 0 Å². The van der Waals surface area contributed by atoms with Gasteiger partial charge in [0.15, 0.2) is 5.78 Å². The van der Waals surface area contributed by atoms with Gasteiger partial charge in [-0.25, -0.2) is 0 Å². The fourth-order valence-corrected chi connectivity index (χ4v) is 2.63. The Morgan fingerprint density at radius 1 is 1.42 bits per heavy atom. The Hall–Kier alpha value is -0.590. The number of carbonyl (C=O) groups excluding carboxylic acids is 1. The highest BCUT2D eigenvalue weighted by Gasteiger charge is 2.42. The first-order valence-electron chi connectivity index (χ1n) is 4.94. The van der Waals surface area contributed by atoms with Crippen LogP contribution >= 0.6 is 0 Å². The number of rotatable bonds is 1. The van der Waals surface area contributed by atoms with Crippen LogP contribution in [0.1, 0.15) is 39.0 Å². The Labute approximate surface area is 73.8 Å². The van der Waals surface area contributed by atoms with Crippen molar-refractivity contribution in [1.29, 1.82) is 0 Å². The maximum atomic E-state index is 11.6. The van der Waals surface area contributed by atoms with Crippen molar-refractivity contribution in [3.8, 4) is 0 Å². The number of hydrogen-bond donors (Lipinski definition) is 0. The van der Waals surface area contributed by atoms with Crippen molar-refractivity contribution in [3.05, 3.63) is 12.2 Å². The lowest BCUT2D eigenvalue weighted by Gasteiger charge is -2.29. The molecule has 1 fully saturated rings. The Balaban J connectivity index is 2.15. The van der Waals surface area contributed by atoms with E-state index in [4.69, 9.17) is 0 Å². The predicted molar refractivity (Wildman–Crippen MR) is 48.8 cm³/mol. The summed E-state index contributed by atoms with van der Waals surface area (Å²) >= 11 is 0. The molecule has 0 bridgehead atoms. The molecular weight excluding hydrogens is 148 g/mol. The molecule has 0 heterocycles. The number of ketones is 1. The van der Waals surface area contributed by atoms with E-state index in [1.165, 1.54) is 25.7 Å². The van der Waals surface area contributed by atoms with Crippen LogP contribution in [0.4, 0.5) is 0 Å². The molecule has 2 aliphatic carbocycles. The van der Waals surface area contributed by atoms with E-state index in [0.717, 1.165) is 6.42 Å². The fourth-order valence-electron chi connectivity index (χ4n) is 2.63. The maximum absolute atomic E-state index is 11.6. The lowest BCUT2D eigenvalue weighted by Crippen LogP contribution is -2.30. The molecule has 66 valence electrons. The van der Waals surface area contributed by atoms with E-state index in [0.29, 0.717) is 11.7 Å². The predicted octanol–water partition coefficient (Wildman–Crippen LogP) is 2.71. The van der Waals surface area contributed by atoms with Crippen molar-refractivity contribution < 1.29 is 4.79 Å². The summed E-state index contributed by atoms with van der Waals surface area (Å²) in [7, 11) is 0. The highest BCUT2D eigenvalue weighted by Crippen LogP contribution is 2.45. The summed E-state index contributed by atoms with van der Waals surface area (Å²) in [6, 6.07) is 0. The van der Waals surface area contributed by atoms with Gasteiger partial charge in [-0.15, -0.1) is 0 Å². The Morgan fingerprint density at radius 3 is 2.58 bits per heavy atom. The Bertz CT molecular complexity index is 223. The summed E-state index contributed by atoms with van der Waals surface area (Å²) in [6.45, 7) is 2.14. The van der Waals surface area contributed by atoms with Crippen LogP contribution in [0.15, 0.2) is 12.2 Å². The Kier molecular flexibility index (Phi) is 1.82. The third-order valence-corrected chi connectivity index (χ3v) is 3.63. The first-order valence-corrected chi connectivity index (χ1v) is 4.94. The lowest BCUT2D eigenvalue weighted by molar-refractivity contribution is -0.124. The molecule has 0 aromatic heterocycles. The van der Waals surface area contributed by atoms with E-state index < -0.39 is 0 Å². The van der Waals surface area contributed by atoms with E-state index in [1.54, 1.807) is 6.08 Å². The monoisotopic (exact) mass is 164 g/mol. The van der Waals surface area contributed by atoms with Crippen LogP contribution < -0.4 is 0 Å². The van der Waals surface area contributed by atoms with Gasteiger partial charge in [0.25, 0.3) is 0 Å². The third-order valence-electron chi connectivity index (χ3n) is 3.63. The average Bonchev–Trinajstić information content (AvgIpc) is 2.62. The molecule has 0 amide bonds. The molecule has 1 saturated carbocycles. The molecule has 0 aliphatic heterocycles. The zero-order chi connectivity index (χ0) is 8.60. The van der Waals surface area contributed by atoms with Gasteiger partial charge in [0.05, 0.1) is 0 Å². The molecule has 0 radical (unpaired) electrons. The normalized spacial score (nSPS) is 36.6. The summed E-state index contributed by atoms with van der Waals surface area (Å²) in [5.41, 5.74) is -0.0174. The quantitative estimate of drug-likeness (QED) is 0.582. The molecule has 2 aliphatic rings. The van der Waals surface area contributed by atoms with Gasteiger partial charge in [-0.3, -0.25) is 4.79 Å². The highest BCUT2D eigenvalue weighted by atomic mass is 16.1. The standard InChI is InChI=1S/C11H16O/c1-11(8-4-7-10(11)12)9-5-2-3-6-9/h4,7,9H,2-3,5-6,8H2,1H3. The second kappa shape index (κ2) is 2.72. The largest absolute Gasteiger partial charge is 0.294 e. The van der Waals surface area contributed by atoms with E-state index in [1.807, 2.05) is 6.08 Å². The van der Waals surface area contributed by atoms with E-state index in [2.05, 4.69) is 6.92 Å². The topological polar surface area (TPSA) is 17.1 Å². The van der Waals surface area contributed by atoms with E-state index in [-0.39, 0.29) is 5.41 Å². The molecule has 0 aromatic rings. The zero-order valence-electron chi connectivity index (χ0n) is 7.68. The van der Waals surface area contributed by atoms with Crippen molar-refractivity contribution >= 4 is 5.78 Å². The summed E-state index contributed by atoms with van der Waals surface area (Å²) in [5, 5.41) is 0. The van der Waals surface area contributed by atoms with Gasteiger partial charge >= 0.3 is 0 Å². The lowest BCUT2D eigenvalue weighted by atomic mass is 9.73. The third kappa shape index (κ3) is 1.03. The zero-order valence-corrected chi connectivity index (χ0v) is 7.68. The second-order valence-electron chi connectivity index (χ2n) is 4.37. The summed E-state index contributed by atoms with van der Waals surface area (Å²) in [5.74, 6) is 1.04. The minimum Gasteiger partial charge on any atom is -0.294 e. The van der Waals surface area contributed by atoms with Crippen LogP contribution in [0.5, 0.6) is 0 Å². The van der Waals surface area contributed by atoms with Crippen LogP contribution in [0.3, 0.4) is 0 Å². The highest BCUT2D eigenvalue weighted by molar-refractivity contribution is 5.97. The molecule has 0 aromatic carbocycles. The van der Waals surface area contributed by atoms with Gasteiger partial charge in [-0.1, -0.05) is 25.8 Å². The molecule has 0 spiro atoms. The minimum absolute atomic E-state index is 0.0174. The molecule has 2 rings (SSSR count).